The predicted molar refractivity (Wildman–Crippen MR) is 169 cm³/mol. The van der Waals surface area contributed by atoms with Gasteiger partial charge in [-0.2, -0.15) is 0 Å². The van der Waals surface area contributed by atoms with Crippen molar-refractivity contribution < 1.29 is 14.3 Å². The topological polar surface area (TPSA) is 88.0 Å². The van der Waals surface area contributed by atoms with Gasteiger partial charge in [-0.05, 0) is 41.0 Å². The van der Waals surface area contributed by atoms with E-state index < -0.39 is 5.56 Å². The van der Waals surface area contributed by atoms with Gasteiger partial charge in [-0.15, -0.1) is 0 Å². The van der Waals surface area contributed by atoms with Gasteiger partial charge in [0.2, 0.25) is 5.91 Å². The number of aromatic nitrogens is 2. The molecule has 1 unspecified atom stereocenters. The zero-order valence-corrected chi connectivity index (χ0v) is 25.8. The Morgan fingerprint density at radius 3 is 2.35 bits per heavy atom. The van der Waals surface area contributed by atoms with Crippen molar-refractivity contribution in [3.8, 4) is 11.1 Å². The molecule has 224 valence electrons. The van der Waals surface area contributed by atoms with Crippen LogP contribution in [0.5, 0.6) is 0 Å². The predicted octanol–water partition coefficient (Wildman–Crippen LogP) is 4.60. The molecule has 4 aromatic rings. The van der Waals surface area contributed by atoms with Gasteiger partial charge in [-0.3, -0.25) is 23.9 Å². The first kappa shape index (κ1) is 30.7. The fourth-order valence-corrected chi connectivity index (χ4v) is 5.53. The van der Waals surface area contributed by atoms with E-state index in [1.165, 1.54) is 10.8 Å². The molecule has 0 radical (unpaired) electrons. The smallest absolute Gasteiger partial charge is 0.269 e. The fourth-order valence-electron chi connectivity index (χ4n) is 5.21. The van der Waals surface area contributed by atoms with Crippen molar-refractivity contribution in [3.05, 3.63) is 98.4 Å². The van der Waals surface area contributed by atoms with Crippen molar-refractivity contribution in [1.82, 2.24) is 24.3 Å². The second-order valence-corrected chi connectivity index (χ2v) is 11.6. The van der Waals surface area contributed by atoms with E-state index >= 15 is 0 Å². The van der Waals surface area contributed by atoms with Crippen LogP contribution in [-0.4, -0.2) is 90.1 Å². The Morgan fingerprint density at radius 1 is 0.953 bits per heavy atom. The van der Waals surface area contributed by atoms with Crippen molar-refractivity contribution in [2.45, 2.75) is 12.6 Å². The highest BCUT2D eigenvalue weighted by Crippen LogP contribution is 2.28. The first-order valence-corrected chi connectivity index (χ1v) is 14.7. The molecule has 1 aromatic heterocycles. The molecule has 1 aliphatic rings. The first-order valence-electron chi connectivity index (χ1n) is 13.9. The molecule has 1 atom stereocenters. The number of ether oxygens (including phenoxy) is 1. The SMILES string of the molecule is CN(C)C(=O)c1cccc(-c2ccc(C(CN3CCOCC3)N(C)C(=O)Cn3c(=O)cnc4cc(Cl)c(Cl)cc43)cc2)c1. The minimum absolute atomic E-state index is 0.0596. The van der Waals surface area contributed by atoms with Gasteiger partial charge in [-0.25, -0.2) is 4.98 Å². The largest absolute Gasteiger partial charge is 0.379 e. The van der Waals surface area contributed by atoms with Gasteiger partial charge in [0.25, 0.3) is 11.5 Å². The van der Waals surface area contributed by atoms with Gasteiger partial charge in [0.1, 0.15) is 6.54 Å². The van der Waals surface area contributed by atoms with Gasteiger partial charge < -0.3 is 14.5 Å². The number of hydrogen-bond acceptors (Lipinski definition) is 6. The maximum absolute atomic E-state index is 13.8. The summed E-state index contributed by atoms with van der Waals surface area (Å²) in [4.78, 5) is 48.8. The number of carbonyl (C=O) groups is 2. The molecule has 3 aromatic carbocycles. The second kappa shape index (κ2) is 13.3. The van der Waals surface area contributed by atoms with E-state index in [0.717, 1.165) is 29.8 Å². The van der Waals surface area contributed by atoms with Crippen LogP contribution in [0.1, 0.15) is 22.0 Å². The number of benzene rings is 3. The number of rotatable bonds is 8. The van der Waals surface area contributed by atoms with Crippen molar-refractivity contribution >= 4 is 46.0 Å². The zero-order valence-electron chi connectivity index (χ0n) is 24.3. The molecule has 0 spiro atoms. The molecule has 0 N–H and O–H groups in total. The summed E-state index contributed by atoms with van der Waals surface area (Å²) in [6, 6.07) is 18.4. The van der Waals surface area contributed by atoms with Crippen LogP contribution in [0.4, 0.5) is 0 Å². The number of likely N-dealkylation sites (N-methyl/N-ethyl adjacent to an activating group) is 1. The van der Waals surface area contributed by atoms with Crippen molar-refractivity contribution in [2.75, 3.05) is 54.0 Å². The Morgan fingerprint density at radius 2 is 1.65 bits per heavy atom. The van der Waals surface area contributed by atoms with Crippen LogP contribution in [0.2, 0.25) is 10.0 Å². The van der Waals surface area contributed by atoms with Crippen LogP contribution in [0.3, 0.4) is 0 Å². The average Bonchev–Trinajstić information content (AvgIpc) is 3.02. The number of morpholine rings is 1. The van der Waals surface area contributed by atoms with Gasteiger partial charge in [-0.1, -0.05) is 59.6 Å². The lowest BCUT2D eigenvalue weighted by Crippen LogP contribution is -2.45. The standard InChI is InChI=1S/C32H33Cl2N5O4/c1-36(2)32(42)24-6-4-5-23(15-24)21-7-9-22(10-8-21)29(19-38-11-13-43-14-12-38)37(3)31(41)20-39-28-17-26(34)25(33)16-27(28)35-18-30(39)40/h4-10,15-18,29H,11-14,19-20H2,1-3H3. The summed E-state index contributed by atoms with van der Waals surface area (Å²) in [6.07, 6.45) is 1.19. The van der Waals surface area contributed by atoms with E-state index in [4.69, 9.17) is 27.9 Å². The van der Waals surface area contributed by atoms with Gasteiger partial charge in [0, 0.05) is 46.3 Å². The number of hydrogen-bond donors (Lipinski definition) is 0. The molecule has 0 saturated carbocycles. The summed E-state index contributed by atoms with van der Waals surface area (Å²) in [5.74, 6) is -0.298. The van der Waals surface area contributed by atoms with E-state index in [2.05, 4.69) is 9.88 Å². The molecule has 9 nitrogen and oxygen atoms in total. The highest BCUT2D eigenvalue weighted by Gasteiger charge is 2.26. The molecule has 11 heteroatoms. The van der Waals surface area contributed by atoms with Gasteiger partial charge >= 0.3 is 0 Å². The number of halogens is 2. The number of nitrogens with zero attached hydrogens (tertiary/aromatic N) is 5. The molecule has 1 fully saturated rings. The second-order valence-electron chi connectivity index (χ2n) is 10.8. The molecule has 0 bridgehead atoms. The van der Waals surface area contributed by atoms with Crippen LogP contribution < -0.4 is 5.56 Å². The summed E-state index contributed by atoms with van der Waals surface area (Å²) in [7, 11) is 5.22. The normalized spacial score (nSPS) is 14.4. The monoisotopic (exact) mass is 621 g/mol. The molecule has 1 saturated heterocycles. The van der Waals surface area contributed by atoms with Crippen LogP contribution >= 0.6 is 23.2 Å². The molecule has 2 heterocycles. The van der Waals surface area contributed by atoms with E-state index in [1.807, 2.05) is 42.5 Å². The fraction of sp³-hybridized carbons (Fsp3) is 0.312. The third-order valence-electron chi connectivity index (χ3n) is 7.72. The lowest BCUT2D eigenvalue weighted by atomic mass is 9.98. The van der Waals surface area contributed by atoms with Crippen LogP contribution in [0.25, 0.3) is 22.2 Å². The number of fused-ring (bicyclic) bond motifs is 1. The van der Waals surface area contributed by atoms with Crippen molar-refractivity contribution in [1.29, 1.82) is 0 Å². The molecule has 1 aliphatic heterocycles. The third kappa shape index (κ3) is 6.91. The Kier molecular flexibility index (Phi) is 9.46. The lowest BCUT2D eigenvalue weighted by molar-refractivity contribution is -0.133. The highest BCUT2D eigenvalue weighted by atomic mass is 35.5. The van der Waals surface area contributed by atoms with Crippen LogP contribution in [-0.2, 0) is 16.1 Å². The molecular formula is C32H33Cl2N5O4. The highest BCUT2D eigenvalue weighted by molar-refractivity contribution is 6.42. The van der Waals surface area contributed by atoms with E-state index in [9.17, 15) is 14.4 Å². The summed E-state index contributed by atoms with van der Waals surface area (Å²) < 4.78 is 6.91. The summed E-state index contributed by atoms with van der Waals surface area (Å²) in [6.45, 7) is 3.20. The Labute approximate surface area is 260 Å². The van der Waals surface area contributed by atoms with E-state index in [-0.39, 0.29) is 29.4 Å². The van der Waals surface area contributed by atoms with Crippen LogP contribution in [0.15, 0.2) is 71.7 Å². The van der Waals surface area contributed by atoms with Crippen LogP contribution in [0, 0.1) is 0 Å². The molecular weight excluding hydrogens is 589 g/mol. The molecule has 43 heavy (non-hydrogen) atoms. The maximum Gasteiger partial charge on any atom is 0.269 e. The quantitative estimate of drug-likeness (QED) is 0.286. The zero-order chi connectivity index (χ0) is 30.7. The molecule has 2 amide bonds. The Hall–Kier alpha value is -3.76. The first-order chi connectivity index (χ1) is 20.6. The summed E-state index contributed by atoms with van der Waals surface area (Å²) >= 11 is 12.4. The maximum atomic E-state index is 13.8. The average molecular weight is 623 g/mol. The van der Waals surface area contributed by atoms with Gasteiger partial charge in [0.05, 0.1) is 46.5 Å². The number of carbonyl (C=O) groups excluding carboxylic acids is 2. The minimum Gasteiger partial charge on any atom is -0.379 e. The van der Waals surface area contributed by atoms with E-state index in [1.54, 1.807) is 49.1 Å². The van der Waals surface area contributed by atoms with Crippen molar-refractivity contribution in [3.63, 3.8) is 0 Å². The van der Waals surface area contributed by atoms with Crippen molar-refractivity contribution in [2.24, 2.45) is 0 Å². The molecule has 0 aliphatic carbocycles. The van der Waals surface area contributed by atoms with E-state index in [0.29, 0.717) is 41.4 Å². The van der Waals surface area contributed by atoms with Gasteiger partial charge in [0.15, 0.2) is 0 Å². The minimum atomic E-state index is -0.406. The lowest BCUT2D eigenvalue weighted by Gasteiger charge is -2.35. The summed E-state index contributed by atoms with van der Waals surface area (Å²) in [5, 5.41) is 0.596. The molecule has 5 rings (SSSR count). The Bertz CT molecular complexity index is 1700. The Balaban J connectivity index is 1.44. The third-order valence-corrected chi connectivity index (χ3v) is 8.44. The summed E-state index contributed by atoms with van der Waals surface area (Å²) in [5.41, 5.74) is 3.96. The number of amides is 2.